The quantitative estimate of drug-likeness (QED) is 0.819. The van der Waals surface area contributed by atoms with Crippen LogP contribution in [-0.2, 0) is 4.79 Å². The van der Waals surface area contributed by atoms with Gasteiger partial charge in [0.15, 0.2) is 0 Å². The molecular formula is C12H18N2O3. The molecule has 1 rings (SSSR count). The Morgan fingerprint density at radius 2 is 2.12 bits per heavy atom. The van der Waals surface area contributed by atoms with Crippen molar-refractivity contribution in [1.82, 2.24) is 9.88 Å². The van der Waals surface area contributed by atoms with Crippen LogP contribution < -0.4 is 5.32 Å². The molecular weight excluding hydrogens is 220 g/mol. The summed E-state index contributed by atoms with van der Waals surface area (Å²) in [6.07, 6.45) is 2.17. The summed E-state index contributed by atoms with van der Waals surface area (Å²) in [4.78, 5) is 22.7. The molecule has 1 heterocycles. The van der Waals surface area contributed by atoms with Crippen LogP contribution in [0.4, 0.5) is 0 Å². The van der Waals surface area contributed by atoms with Gasteiger partial charge in [-0.05, 0) is 32.4 Å². The lowest BCUT2D eigenvalue weighted by atomic mass is 10.2. The molecule has 0 radical (unpaired) electrons. The summed E-state index contributed by atoms with van der Waals surface area (Å²) in [5.41, 5.74) is 0.486. The summed E-state index contributed by atoms with van der Waals surface area (Å²) in [5.74, 6) is -1.36. The molecule has 5 heteroatoms. The number of rotatable bonds is 5. The summed E-state index contributed by atoms with van der Waals surface area (Å²) >= 11 is 0. The van der Waals surface area contributed by atoms with Gasteiger partial charge in [-0.3, -0.25) is 4.79 Å². The summed E-state index contributed by atoms with van der Waals surface area (Å²) in [5, 5.41) is 11.4. The Morgan fingerprint density at radius 3 is 2.59 bits per heavy atom. The third-order valence-electron chi connectivity index (χ3n) is 2.58. The number of hydrogen-bond acceptors (Lipinski definition) is 2. The lowest BCUT2D eigenvalue weighted by Crippen LogP contribution is -2.41. The van der Waals surface area contributed by atoms with Crippen molar-refractivity contribution in [2.24, 2.45) is 0 Å². The third-order valence-corrected chi connectivity index (χ3v) is 2.58. The second kappa shape index (κ2) is 5.52. The zero-order chi connectivity index (χ0) is 13.0. The molecule has 1 aromatic heterocycles. The van der Waals surface area contributed by atoms with E-state index in [1.807, 2.05) is 18.4 Å². The van der Waals surface area contributed by atoms with Gasteiger partial charge >= 0.3 is 5.97 Å². The first-order valence-electron chi connectivity index (χ1n) is 5.67. The number of carbonyl (C=O) groups is 2. The van der Waals surface area contributed by atoms with Crippen molar-refractivity contribution < 1.29 is 14.7 Å². The zero-order valence-corrected chi connectivity index (χ0v) is 10.3. The maximum Gasteiger partial charge on any atom is 0.326 e. The van der Waals surface area contributed by atoms with E-state index in [1.165, 1.54) is 0 Å². The highest BCUT2D eigenvalue weighted by atomic mass is 16.4. The van der Waals surface area contributed by atoms with Crippen LogP contribution in [0.25, 0.3) is 0 Å². The lowest BCUT2D eigenvalue weighted by Gasteiger charge is -2.15. The first-order valence-corrected chi connectivity index (χ1v) is 5.67. The van der Waals surface area contributed by atoms with Gasteiger partial charge < -0.3 is 15.0 Å². The van der Waals surface area contributed by atoms with Crippen LogP contribution in [0, 0.1) is 0 Å². The fourth-order valence-electron chi connectivity index (χ4n) is 1.61. The highest BCUT2D eigenvalue weighted by molar-refractivity contribution is 5.95. The number of hydrogen-bond donors (Lipinski definition) is 2. The van der Waals surface area contributed by atoms with Gasteiger partial charge in [-0.25, -0.2) is 4.79 Å². The number of carboxylic acid groups (broad SMARTS) is 1. The van der Waals surface area contributed by atoms with E-state index in [-0.39, 0.29) is 11.9 Å². The van der Waals surface area contributed by atoms with Gasteiger partial charge in [-0.15, -0.1) is 0 Å². The standard InChI is InChI=1S/C12H18N2O3/c1-4-9(12(16)17)13-11(15)10-6-5-7-14(10)8(2)3/h5-9H,4H2,1-3H3,(H,13,15)(H,16,17)/t9-/m0/s1. The first-order chi connectivity index (χ1) is 7.97. The van der Waals surface area contributed by atoms with Gasteiger partial charge in [-0.2, -0.15) is 0 Å². The molecule has 1 aromatic rings. The molecule has 5 nitrogen and oxygen atoms in total. The number of amides is 1. The third kappa shape index (κ3) is 3.09. The van der Waals surface area contributed by atoms with E-state index in [0.29, 0.717) is 12.1 Å². The molecule has 0 saturated heterocycles. The summed E-state index contributed by atoms with van der Waals surface area (Å²) in [6, 6.07) is 2.79. The second-order valence-corrected chi connectivity index (χ2v) is 4.17. The number of carboxylic acids is 1. The molecule has 0 aliphatic carbocycles. The molecule has 2 N–H and O–H groups in total. The van der Waals surface area contributed by atoms with Crippen molar-refractivity contribution in [3.8, 4) is 0 Å². The normalized spacial score (nSPS) is 12.5. The molecule has 1 amide bonds. The van der Waals surface area contributed by atoms with E-state index < -0.39 is 12.0 Å². The molecule has 0 fully saturated rings. The minimum atomic E-state index is -1.01. The summed E-state index contributed by atoms with van der Waals surface area (Å²) in [6.45, 7) is 5.65. The van der Waals surface area contributed by atoms with Gasteiger partial charge in [0.05, 0.1) is 0 Å². The van der Waals surface area contributed by atoms with Crippen LogP contribution in [0.3, 0.4) is 0 Å². The van der Waals surface area contributed by atoms with Crippen molar-refractivity contribution in [2.75, 3.05) is 0 Å². The van der Waals surface area contributed by atoms with Crippen LogP contribution in [0.1, 0.15) is 43.7 Å². The Hall–Kier alpha value is -1.78. The van der Waals surface area contributed by atoms with Crippen molar-refractivity contribution in [2.45, 2.75) is 39.3 Å². The van der Waals surface area contributed by atoms with E-state index in [9.17, 15) is 9.59 Å². The Morgan fingerprint density at radius 1 is 1.47 bits per heavy atom. The predicted octanol–water partition coefficient (Wildman–Crippen LogP) is 1.66. The van der Waals surface area contributed by atoms with Crippen LogP contribution in [0.15, 0.2) is 18.3 Å². The number of nitrogens with zero attached hydrogens (tertiary/aromatic N) is 1. The molecule has 0 aliphatic heterocycles. The minimum Gasteiger partial charge on any atom is -0.480 e. The monoisotopic (exact) mass is 238 g/mol. The fourth-order valence-corrected chi connectivity index (χ4v) is 1.61. The van der Waals surface area contributed by atoms with Gasteiger partial charge in [0, 0.05) is 12.2 Å². The molecule has 0 unspecified atom stereocenters. The van der Waals surface area contributed by atoms with Gasteiger partial charge in [0.2, 0.25) is 0 Å². The second-order valence-electron chi connectivity index (χ2n) is 4.17. The number of nitrogens with one attached hydrogen (secondary N) is 1. The minimum absolute atomic E-state index is 0.163. The molecule has 0 bridgehead atoms. The average Bonchev–Trinajstić information content (AvgIpc) is 2.73. The van der Waals surface area contributed by atoms with E-state index in [4.69, 9.17) is 5.11 Å². The van der Waals surface area contributed by atoms with Crippen molar-refractivity contribution in [1.29, 1.82) is 0 Å². The maximum atomic E-state index is 11.9. The maximum absolute atomic E-state index is 11.9. The van der Waals surface area contributed by atoms with E-state index in [2.05, 4.69) is 5.32 Å². The van der Waals surface area contributed by atoms with Crippen LogP contribution in [0.5, 0.6) is 0 Å². The highest BCUT2D eigenvalue weighted by Crippen LogP contribution is 2.11. The Bertz CT molecular complexity index is 410. The molecule has 0 aromatic carbocycles. The topological polar surface area (TPSA) is 71.3 Å². The SMILES string of the molecule is CC[C@H](NC(=O)c1cccn1C(C)C)C(=O)O. The zero-order valence-electron chi connectivity index (χ0n) is 10.3. The molecule has 94 valence electrons. The van der Waals surface area contributed by atoms with E-state index in [0.717, 1.165) is 0 Å². The first kappa shape index (κ1) is 13.3. The van der Waals surface area contributed by atoms with Gasteiger partial charge in [-0.1, -0.05) is 6.92 Å². The largest absolute Gasteiger partial charge is 0.480 e. The highest BCUT2D eigenvalue weighted by Gasteiger charge is 2.20. The number of aromatic nitrogens is 1. The average molecular weight is 238 g/mol. The van der Waals surface area contributed by atoms with Crippen molar-refractivity contribution >= 4 is 11.9 Å². The van der Waals surface area contributed by atoms with E-state index >= 15 is 0 Å². The number of aliphatic carboxylic acids is 1. The van der Waals surface area contributed by atoms with Crippen LogP contribution >= 0.6 is 0 Å². The van der Waals surface area contributed by atoms with Crippen molar-refractivity contribution in [3.05, 3.63) is 24.0 Å². The fraction of sp³-hybridized carbons (Fsp3) is 0.500. The van der Waals surface area contributed by atoms with Gasteiger partial charge in [0.25, 0.3) is 5.91 Å². The molecule has 0 aliphatic rings. The van der Waals surface area contributed by atoms with Crippen LogP contribution in [-0.4, -0.2) is 27.6 Å². The Balaban J connectivity index is 2.82. The lowest BCUT2D eigenvalue weighted by molar-refractivity contribution is -0.139. The number of carbonyl (C=O) groups excluding carboxylic acids is 1. The molecule has 0 spiro atoms. The molecule has 17 heavy (non-hydrogen) atoms. The van der Waals surface area contributed by atoms with E-state index in [1.54, 1.807) is 25.3 Å². The Kier molecular flexibility index (Phi) is 4.31. The summed E-state index contributed by atoms with van der Waals surface area (Å²) in [7, 11) is 0. The van der Waals surface area contributed by atoms with Crippen molar-refractivity contribution in [3.63, 3.8) is 0 Å². The smallest absolute Gasteiger partial charge is 0.326 e. The predicted molar refractivity (Wildman–Crippen MR) is 64.0 cm³/mol. The Labute approximate surface area is 100 Å². The molecule has 0 saturated carbocycles. The molecule has 1 atom stereocenters. The van der Waals surface area contributed by atoms with Gasteiger partial charge in [0.1, 0.15) is 11.7 Å². The summed E-state index contributed by atoms with van der Waals surface area (Å²) < 4.78 is 1.81. The van der Waals surface area contributed by atoms with Crippen LogP contribution in [0.2, 0.25) is 0 Å².